The fourth-order valence-electron chi connectivity index (χ4n) is 1.94. The van der Waals surface area contributed by atoms with E-state index in [0.717, 1.165) is 17.8 Å². The second-order valence-corrected chi connectivity index (χ2v) is 4.73. The molecule has 0 bridgehead atoms. The van der Waals surface area contributed by atoms with Crippen molar-refractivity contribution >= 4 is 17.3 Å². The third kappa shape index (κ3) is 2.88. The number of halogens is 2. The Kier molecular flexibility index (Phi) is 4.49. The summed E-state index contributed by atoms with van der Waals surface area (Å²) in [4.78, 5) is 0. The minimum atomic E-state index is -0.487. The minimum Gasteiger partial charge on any atom is -0.484 e. The van der Waals surface area contributed by atoms with E-state index in [1.54, 1.807) is 10.7 Å². The van der Waals surface area contributed by atoms with Gasteiger partial charge in [-0.15, -0.1) is 0 Å². The van der Waals surface area contributed by atoms with Gasteiger partial charge in [-0.25, -0.2) is 4.39 Å². The molecule has 6 heteroatoms. The van der Waals surface area contributed by atoms with Crippen molar-refractivity contribution in [3.05, 3.63) is 40.4 Å². The highest BCUT2D eigenvalue weighted by Crippen LogP contribution is 2.25. The summed E-state index contributed by atoms with van der Waals surface area (Å²) in [6, 6.07) is 4.33. The Morgan fingerprint density at radius 2 is 2.15 bits per heavy atom. The number of aromatic nitrogens is 2. The van der Waals surface area contributed by atoms with E-state index in [9.17, 15) is 4.39 Å². The van der Waals surface area contributed by atoms with Crippen LogP contribution in [0.2, 0.25) is 5.02 Å². The molecular formula is C14H17ClFN3O. The number of nitrogens with two attached hydrogens (primary N) is 1. The Balaban J connectivity index is 2.20. The molecule has 108 valence electrons. The van der Waals surface area contributed by atoms with Gasteiger partial charge < -0.3 is 10.5 Å². The summed E-state index contributed by atoms with van der Waals surface area (Å²) >= 11 is 6.26. The van der Waals surface area contributed by atoms with Gasteiger partial charge in [0.2, 0.25) is 0 Å². The number of nitrogens with zero attached hydrogens (tertiary/aromatic N) is 2. The third-order valence-electron chi connectivity index (χ3n) is 3.01. The number of anilines is 1. The fraction of sp³-hybridized carbons (Fsp3) is 0.357. The third-order valence-corrected chi connectivity index (χ3v) is 3.45. The second-order valence-electron chi connectivity index (χ2n) is 4.36. The first-order valence-electron chi connectivity index (χ1n) is 6.48. The van der Waals surface area contributed by atoms with Gasteiger partial charge in [-0.2, -0.15) is 5.10 Å². The van der Waals surface area contributed by atoms with Crippen molar-refractivity contribution in [1.29, 1.82) is 0 Å². The van der Waals surface area contributed by atoms with E-state index in [-0.39, 0.29) is 12.4 Å². The van der Waals surface area contributed by atoms with E-state index >= 15 is 0 Å². The van der Waals surface area contributed by atoms with Crippen LogP contribution in [0.4, 0.5) is 10.1 Å². The molecule has 2 N–H and O–H groups in total. The van der Waals surface area contributed by atoms with Gasteiger partial charge in [0.25, 0.3) is 0 Å². The van der Waals surface area contributed by atoms with Crippen molar-refractivity contribution in [2.75, 3.05) is 5.73 Å². The lowest BCUT2D eigenvalue weighted by molar-refractivity contribution is 0.278. The molecule has 0 amide bonds. The monoisotopic (exact) mass is 297 g/mol. The zero-order chi connectivity index (χ0) is 14.7. The van der Waals surface area contributed by atoms with Gasteiger partial charge in [0.15, 0.2) is 11.6 Å². The maximum atomic E-state index is 13.6. The lowest BCUT2D eigenvalue weighted by Crippen LogP contribution is -2.07. The summed E-state index contributed by atoms with van der Waals surface area (Å²) in [5.41, 5.74) is 7.43. The standard InChI is InChI=1S/C14H17ClFN3O/c1-3-11-14(15)12(19(4-2)18-11)8-20-13-6-5-9(17)7-10(13)16/h5-7H,3-4,8,17H2,1-2H3. The van der Waals surface area contributed by atoms with Crippen molar-refractivity contribution in [2.24, 2.45) is 0 Å². The Morgan fingerprint density at radius 3 is 2.75 bits per heavy atom. The van der Waals surface area contributed by atoms with Crippen LogP contribution >= 0.6 is 11.6 Å². The summed E-state index contributed by atoms with van der Waals surface area (Å²) in [5, 5.41) is 4.97. The van der Waals surface area contributed by atoms with E-state index in [4.69, 9.17) is 22.1 Å². The van der Waals surface area contributed by atoms with E-state index in [1.165, 1.54) is 12.1 Å². The molecule has 1 aromatic heterocycles. The fourth-order valence-corrected chi connectivity index (χ4v) is 2.26. The van der Waals surface area contributed by atoms with Crippen LogP contribution in [-0.4, -0.2) is 9.78 Å². The molecule has 0 saturated carbocycles. The Bertz CT molecular complexity index is 613. The van der Waals surface area contributed by atoms with E-state index in [2.05, 4.69) is 5.10 Å². The van der Waals surface area contributed by atoms with Crippen LogP contribution in [0.3, 0.4) is 0 Å². The summed E-state index contributed by atoms with van der Waals surface area (Å²) < 4.78 is 20.9. The van der Waals surface area contributed by atoms with Crippen molar-refractivity contribution in [3.8, 4) is 5.75 Å². The molecule has 0 aliphatic carbocycles. The van der Waals surface area contributed by atoms with Gasteiger partial charge in [0, 0.05) is 18.3 Å². The van der Waals surface area contributed by atoms with Gasteiger partial charge >= 0.3 is 0 Å². The average molecular weight is 298 g/mol. The quantitative estimate of drug-likeness (QED) is 0.860. The molecular weight excluding hydrogens is 281 g/mol. The van der Waals surface area contributed by atoms with Gasteiger partial charge in [-0.1, -0.05) is 18.5 Å². The minimum absolute atomic E-state index is 0.150. The SMILES string of the molecule is CCc1nn(CC)c(COc2ccc(N)cc2F)c1Cl. The van der Waals surface area contributed by atoms with Crippen molar-refractivity contribution in [2.45, 2.75) is 33.4 Å². The summed E-state index contributed by atoms with van der Waals surface area (Å²) in [6.07, 6.45) is 0.745. The van der Waals surface area contributed by atoms with Gasteiger partial charge in [0.1, 0.15) is 6.61 Å². The molecule has 0 radical (unpaired) electrons. The van der Waals surface area contributed by atoms with Crippen molar-refractivity contribution in [3.63, 3.8) is 0 Å². The number of nitrogen functional groups attached to an aromatic ring is 1. The zero-order valence-electron chi connectivity index (χ0n) is 11.5. The van der Waals surface area contributed by atoms with Gasteiger partial charge in [0.05, 0.1) is 16.4 Å². The normalized spacial score (nSPS) is 10.8. The molecule has 0 atom stereocenters. The van der Waals surface area contributed by atoms with Crippen LogP contribution in [0.5, 0.6) is 5.75 Å². The van der Waals surface area contributed by atoms with Crippen LogP contribution in [0.1, 0.15) is 25.2 Å². The number of hydrogen-bond acceptors (Lipinski definition) is 3. The Morgan fingerprint density at radius 1 is 1.40 bits per heavy atom. The van der Waals surface area contributed by atoms with Gasteiger partial charge in [-0.05, 0) is 25.5 Å². The topological polar surface area (TPSA) is 53.1 Å². The number of hydrogen-bond donors (Lipinski definition) is 1. The molecule has 4 nitrogen and oxygen atoms in total. The highest BCUT2D eigenvalue weighted by molar-refractivity contribution is 6.31. The number of benzene rings is 1. The number of rotatable bonds is 5. The molecule has 0 aliphatic rings. The van der Waals surface area contributed by atoms with E-state index in [1.807, 2.05) is 13.8 Å². The number of ether oxygens (including phenoxy) is 1. The lowest BCUT2D eigenvalue weighted by atomic mass is 10.3. The first-order valence-corrected chi connectivity index (χ1v) is 6.86. The van der Waals surface area contributed by atoms with Crippen molar-refractivity contribution in [1.82, 2.24) is 9.78 Å². The largest absolute Gasteiger partial charge is 0.484 e. The summed E-state index contributed by atoms with van der Waals surface area (Å²) in [5.74, 6) is -0.337. The Labute approximate surface area is 122 Å². The molecule has 0 fully saturated rings. The van der Waals surface area contributed by atoms with E-state index < -0.39 is 5.82 Å². The molecule has 0 unspecified atom stereocenters. The molecule has 20 heavy (non-hydrogen) atoms. The lowest BCUT2D eigenvalue weighted by Gasteiger charge is -2.09. The van der Waals surface area contributed by atoms with Crippen LogP contribution in [0.25, 0.3) is 0 Å². The zero-order valence-corrected chi connectivity index (χ0v) is 12.2. The van der Waals surface area contributed by atoms with E-state index in [0.29, 0.717) is 17.3 Å². The molecule has 0 aliphatic heterocycles. The van der Waals surface area contributed by atoms with Crippen LogP contribution in [0.15, 0.2) is 18.2 Å². The molecule has 1 heterocycles. The highest BCUT2D eigenvalue weighted by atomic mass is 35.5. The molecule has 2 rings (SSSR count). The first-order chi connectivity index (χ1) is 9.56. The van der Waals surface area contributed by atoms with Crippen molar-refractivity contribution < 1.29 is 9.13 Å². The van der Waals surface area contributed by atoms with Crippen LogP contribution in [-0.2, 0) is 19.6 Å². The highest BCUT2D eigenvalue weighted by Gasteiger charge is 2.15. The van der Waals surface area contributed by atoms with Crippen LogP contribution < -0.4 is 10.5 Å². The maximum Gasteiger partial charge on any atom is 0.167 e. The second kappa shape index (κ2) is 6.13. The van der Waals surface area contributed by atoms with Crippen LogP contribution in [0, 0.1) is 5.82 Å². The molecule has 0 spiro atoms. The number of aryl methyl sites for hydroxylation is 2. The first kappa shape index (κ1) is 14.7. The predicted molar refractivity (Wildman–Crippen MR) is 77.4 cm³/mol. The summed E-state index contributed by atoms with van der Waals surface area (Å²) in [6.45, 7) is 4.80. The van der Waals surface area contributed by atoms with Gasteiger partial charge in [-0.3, -0.25) is 4.68 Å². The molecule has 0 saturated heterocycles. The smallest absolute Gasteiger partial charge is 0.167 e. The summed E-state index contributed by atoms with van der Waals surface area (Å²) in [7, 11) is 0. The predicted octanol–water partition coefficient (Wildman–Crippen LogP) is 3.42. The average Bonchev–Trinajstić information content (AvgIpc) is 2.74. The molecule has 1 aromatic carbocycles. The maximum absolute atomic E-state index is 13.6. The molecule has 2 aromatic rings. The Hall–Kier alpha value is -1.75.